The fraction of sp³-hybridized carbons (Fsp3) is 0.727. The van der Waals surface area contributed by atoms with Gasteiger partial charge in [-0.25, -0.2) is 4.79 Å². The van der Waals surface area contributed by atoms with Crippen LogP contribution in [0.1, 0.15) is 19.3 Å². The first-order valence-electron chi connectivity index (χ1n) is 5.61. The Kier molecular flexibility index (Phi) is 7.69. The molecule has 0 heterocycles. The van der Waals surface area contributed by atoms with Gasteiger partial charge in [0.25, 0.3) is 0 Å². The van der Waals surface area contributed by atoms with Crippen molar-refractivity contribution in [2.75, 3.05) is 27.7 Å². The van der Waals surface area contributed by atoms with E-state index in [1.165, 1.54) is 12.0 Å². The van der Waals surface area contributed by atoms with Crippen LogP contribution in [0.4, 0.5) is 0 Å². The van der Waals surface area contributed by atoms with E-state index in [0.717, 1.165) is 0 Å². The third-order valence-electron chi connectivity index (χ3n) is 2.34. The van der Waals surface area contributed by atoms with Gasteiger partial charge in [-0.1, -0.05) is 0 Å². The standard InChI is InChI=1S/C11H20N2O5/c1-13(2)10(15)6-4-5-9(14)12-7-8(18-3)11(16)17/h8H,4-7H2,1-3H3,(H,12,14)(H,16,17). The van der Waals surface area contributed by atoms with Gasteiger partial charge in [0.15, 0.2) is 6.10 Å². The number of carbonyl (C=O) groups excluding carboxylic acids is 2. The van der Waals surface area contributed by atoms with Gasteiger partial charge in [-0.15, -0.1) is 0 Å². The van der Waals surface area contributed by atoms with Crippen molar-refractivity contribution in [2.24, 2.45) is 0 Å². The van der Waals surface area contributed by atoms with Crippen LogP contribution in [0.15, 0.2) is 0 Å². The minimum atomic E-state index is -1.12. The first-order valence-corrected chi connectivity index (χ1v) is 5.61. The summed E-state index contributed by atoms with van der Waals surface area (Å²) in [6.07, 6.45) is -0.117. The summed E-state index contributed by atoms with van der Waals surface area (Å²) in [7, 11) is 4.57. The highest BCUT2D eigenvalue weighted by Crippen LogP contribution is 1.98. The van der Waals surface area contributed by atoms with Crippen molar-refractivity contribution in [3.8, 4) is 0 Å². The number of hydrogen-bond acceptors (Lipinski definition) is 4. The van der Waals surface area contributed by atoms with Crippen molar-refractivity contribution in [3.05, 3.63) is 0 Å². The maximum Gasteiger partial charge on any atom is 0.334 e. The number of rotatable bonds is 8. The van der Waals surface area contributed by atoms with Crippen molar-refractivity contribution in [2.45, 2.75) is 25.4 Å². The molecule has 18 heavy (non-hydrogen) atoms. The van der Waals surface area contributed by atoms with Gasteiger partial charge in [-0.05, 0) is 6.42 Å². The molecule has 0 aliphatic carbocycles. The topological polar surface area (TPSA) is 95.9 Å². The van der Waals surface area contributed by atoms with E-state index in [1.54, 1.807) is 14.1 Å². The predicted octanol–water partition coefficient (Wildman–Crippen LogP) is -0.539. The van der Waals surface area contributed by atoms with Gasteiger partial charge in [0.1, 0.15) is 0 Å². The third-order valence-corrected chi connectivity index (χ3v) is 2.34. The number of carboxylic acids is 1. The first kappa shape index (κ1) is 16.4. The van der Waals surface area contributed by atoms with Crippen molar-refractivity contribution in [1.29, 1.82) is 0 Å². The Hall–Kier alpha value is -1.63. The van der Waals surface area contributed by atoms with Gasteiger partial charge in [-0.3, -0.25) is 9.59 Å². The molecule has 0 aromatic heterocycles. The summed E-state index contributed by atoms with van der Waals surface area (Å²) in [6.45, 7) is -0.0771. The van der Waals surface area contributed by atoms with Gasteiger partial charge in [0.2, 0.25) is 11.8 Å². The number of amides is 2. The lowest BCUT2D eigenvalue weighted by molar-refractivity contribution is -0.148. The van der Waals surface area contributed by atoms with E-state index in [1.807, 2.05) is 0 Å². The number of carboxylic acid groups (broad SMARTS) is 1. The maximum atomic E-state index is 11.4. The second-order valence-electron chi connectivity index (χ2n) is 4.01. The van der Waals surface area contributed by atoms with E-state index in [2.05, 4.69) is 10.1 Å². The van der Waals surface area contributed by atoms with Gasteiger partial charge in [-0.2, -0.15) is 0 Å². The molecule has 0 fully saturated rings. The molecular formula is C11H20N2O5. The Balaban J connectivity index is 3.78. The Morgan fingerprint density at radius 1 is 1.28 bits per heavy atom. The van der Waals surface area contributed by atoms with Gasteiger partial charge in [0, 0.05) is 34.0 Å². The number of carbonyl (C=O) groups is 3. The highest BCUT2D eigenvalue weighted by Gasteiger charge is 2.17. The van der Waals surface area contributed by atoms with Crippen LogP contribution < -0.4 is 5.32 Å². The lowest BCUT2D eigenvalue weighted by Gasteiger charge is -2.12. The van der Waals surface area contributed by atoms with Crippen LogP contribution in [0.25, 0.3) is 0 Å². The second kappa shape index (κ2) is 8.46. The molecule has 0 aliphatic heterocycles. The number of nitrogens with zero attached hydrogens (tertiary/aromatic N) is 1. The highest BCUT2D eigenvalue weighted by atomic mass is 16.5. The molecule has 7 heteroatoms. The summed E-state index contributed by atoms with van der Waals surface area (Å²) in [5.74, 6) is -1.45. The van der Waals surface area contributed by atoms with Crippen LogP contribution in [-0.4, -0.2) is 61.6 Å². The van der Waals surface area contributed by atoms with E-state index in [4.69, 9.17) is 5.11 Å². The molecule has 0 bridgehead atoms. The number of methoxy groups -OCH3 is 1. The molecule has 0 aromatic carbocycles. The first-order chi connectivity index (χ1) is 8.38. The zero-order chi connectivity index (χ0) is 14.1. The van der Waals surface area contributed by atoms with Crippen LogP contribution in [-0.2, 0) is 19.1 Å². The van der Waals surface area contributed by atoms with Gasteiger partial charge < -0.3 is 20.1 Å². The summed E-state index contributed by atoms with van der Waals surface area (Å²) in [5.41, 5.74) is 0. The van der Waals surface area contributed by atoms with Gasteiger partial charge >= 0.3 is 5.97 Å². The van der Waals surface area contributed by atoms with Crippen LogP contribution >= 0.6 is 0 Å². The fourth-order valence-electron chi connectivity index (χ4n) is 1.19. The molecular weight excluding hydrogens is 240 g/mol. The van der Waals surface area contributed by atoms with Crippen LogP contribution in [0.3, 0.4) is 0 Å². The number of aliphatic carboxylic acids is 1. The molecule has 104 valence electrons. The summed E-state index contributed by atoms with van der Waals surface area (Å²) in [6, 6.07) is 0. The zero-order valence-corrected chi connectivity index (χ0v) is 10.9. The minimum Gasteiger partial charge on any atom is -0.479 e. The predicted molar refractivity (Wildman–Crippen MR) is 64.0 cm³/mol. The molecule has 0 radical (unpaired) electrons. The molecule has 7 nitrogen and oxygen atoms in total. The Bertz CT molecular complexity index is 304. The van der Waals surface area contributed by atoms with E-state index < -0.39 is 12.1 Å². The molecule has 0 spiro atoms. The molecule has 0 saturated heterocycles. The van der Waals surface area contributed by atoms with E-state index in [9.17, 15) is 14.4 Å². The molecule has 1 unspecified atom stereocenters. The second-order valence-corrected chi connectivity index (χ2v) is 4.01. The van der Waals surface area contributed by atoms with Crippen LogP contribution in [0, 0.1) is 0 Å². The lowest BCUT2D eigenvalue weighted by atomic mass is 10.2. The van der Waals surface area contributed by atoms with Crippen LogP contribution in [0.2, 0.25) is 0 Å². The summed E-state index contributed by atoms with van der Waals surface area (Å²) in [5, 5.41) is 11.1. The molecule has 2 amide bonds. The third kappa shape index (κ3) is 6.85. The molecule has 2 N–H and O–H groups in total. The molecule has 1 atom stereocenters. The summed E-state index contributed by atoms with van der Waals surface area (Å²) >= 11 is 0. The smallest absolute Gasteiger partial charge is 0.334 e. The van der Waals surface area contributed by atoms with E-state index in [0.29, 0.717) is 12.8 Å². The summed E-state index contributed by atoms with van der Waals surface area (Å²) < 4.78 is 4.66. The zero-order valence-electron chi connectivity index (χ0n) is 10.9. The molecule has 0 saturated carbocycles. The Labute approximate surface area is 106 Å². The number of hydrogen-bond donors (Lipinski definition) is 2. The fourth-order valence-corrected chi connectivity index (χ4v) is 1.19. The average molecular weight is 260 g/mol. The molecule has 0 aromatic rings. The van der Waals surface area contributed by atoms with Crippen molar-refractivity contribution < 1.29 is 24.2 Å². The normalized spacial score (nSPS) is 11.7. The monoisotopic (exact) mass is 260 g/mol. The van der Waals surface area contributed by atoms with E-state index >= 15 is 0 Å². The summed E-state index contributed by atoms with van der Waals surface area (Å²) in [4.78, 5) is 34.6. The lowest BCUT2D eigenvalue weighted by Crippen LogP contribution is -2.37. The van der Waals surface area contributed by atoms with Crippen molar-refractivity contribution in [3.63, 3.8) is 0 Å². The van der Waals surface area contributed by atoms with Crippen LogP contribution in [0.5, 0.6) is 0 Å². The number of ether oxygens (including phenoxy) is 1. The quantitative estimate of drug-likeness (QED) is 0.611. The average Bonchev–Trinajstić information content (AvgIpc) is 2.29. The number of nitrogens with one attached hydrogen (secondary N) is 1. The van der Waals surface area contributed by atoms with Crippen molar-refractivity contribution >= 4 is 17.8 Å². The van der Waals surface area contributed by atoms with Gasteiger partial charge in [0.05, 0.1) is 6.54 Å². The SMILES string of the molecule is COC(CNC(=O)CCCC(=O)N(C)C)C(=O)O. The minimum absolute atomic E-state index is 0.0388. The largest absolute Gasteiger partial charge is 0.479 e. The van der Waals surface area contributed by atoms with Crippen molar-refractivity contribution in [1.82, 2.24) is 10.2 Å². The maximum absolute atomic E-state index is 11.4. The highest BCUT2D eigenvalue weighted by molar-refractivity contribution is 5.79. The molecule has 0 aliphatic rings. The Morgan fingerprint density at radius 2 is 1.89 bits per heavy atom. The van der Waals surface area contributed by atoms with E-state index in [-0.39, 0.29) is 24.8 Å². The Morgan fingerprint density at radius 3 is 2.33 bits per heavy atom. The molecule has 0 rings (SSSR count).